The molecular formula is C16H19ClN2O. The molecule has 1 unspecified atom stereocenters. The molecule has 3 rings (SSSR count). The van der Waals surface area contributed by atoms with Crippen LogP contribution < -0.4 is 0 Å². The third-order valence-corrected chi connectivity index (χ3v) is 4.00. The summed E-state index contributed by atoms with van der Waals surface area (Å²) in [5, 5.41) is 0.713. The van der Waals surface area contributed by atoms with Crippen LogP contribution in [0.1, 0.15) is 25.7 Å². The van der Waals surface area contributed by atoms with Gasteiger partial charge < -0.3 is 4.42 Å². The maximum absolute atomic E-state index is 6.00. The summed E-state index contributed by atoms with van der Waals surface area (Å²) in [7, 11) is 0. The molecule has 4 heteroatoms. The van der Waals surface area contributed by atoms with E-state index in [1.165, 1.54) is 12.8 Å². The Hall–Kier alpha value is -1.32. The second kappa shape index (κ2) is 5.98. The van der Waals surface area contributed by atoms with Crippen molar-refractivity contribution < 1.29 is 4.42 Å². The maximum Gasteiger partial charge on any atom is 0.209 e. The second-order valence-electron chi connectivity index (χ2n) is 5.61. The van der Waals surface area contributed by atoms with Gasteiger partial charge in [0.15, 0.2) is 5.76 Å². The van der Waals surface area contributed by atoms with E-state index < -0.39 is 0 Å². The molecule has 2 aromatic rings. The van der Waals surface area contributed by atoms with Gasteiger partial charge in [0.25, 0.3) is 0 Å². The molecule has 0 saturated carbocycles. The van der Waals surface area contributed by atoms with Crippen molar-refractivity contribution in [2.45, 2.75) is 26.3 Å². The molecule has 0 amide bonds. The normalized spacial score (nSPS) is 20.2. The summed E-state index contributed by atoms with van der Waals surface area (Å²) in [5.41, 5.74) is 0.975. The van der Waals surface area contributed by atoms with Crippen LogP contribution in [-0.2, 0) is 6.54 Å². The van der Waals surface area contributed by atoms with E-state index in [1.54, 1.807) is 6.20 Å². The van der Waals surface area contributed by atoms with Gasteiger partial charge in [-0.25, -0.2) is 4.98 Å². The number of hydrogen-bond acceptors (Lipinski definition) is 3. The molecule has 1 fully saturated rings. The number of halogens is 1. The van der Waals surface area contributed by atoms with Crippen molar-refractivity contribution in [3.8, 4) is 11.3 Å². The van der Waals surface area contributed by atoms with Gasteiger partial charge in [0.1, 0.15) is 0 Å². The molecule has 1 aromatic carbocycles. The van der Waals surface area contributed by atoms with E-state index in [4.69, 9.17) is 16.0 Å². The molecule has 1 atom stereocenters. The van der Waals surface area contributed by atoms with Crippen LogP contribution in [0.15, 0.2) is 34.9 Å². The molecule has 20 heavy (non-hydrogen) atoms. The highest BCUT2D eigenvalue weighted by Crippen LogP contribution is 2.24. The van der Waals surface area contributed by atoms with Crippen molar-refractivity contribution in [2.24, 2.45) is 5.92 Å². The first-order valence-electron chi connectivity index (χ1n) is 7.14. The molecule has 1 aliphatic heterocycles. The van der Waals surface area contributed by atoms with Crippen LogP contribution in [0.5, 0.6) is 0 Å². The van der Waals surface area contributed by atoms with Gasteiger partial charge in [-0.15, -0.1) is 0 Å². The van der Waals surface area contributed by atoms with Crippen LogP contribution >= 0.6 is 11.6 Å². The summed E-state index contributed by atoms with van der Waals surface area (Å²) >= 11 is 6.00. The van der Waals surface area contributed by atoms with Crippen LogP contribution in [0.2, 0.25) is 5.02 Å². The number of rotatable bonds is 3. The quantitative estimate of drug-likeness (QED) is 0.847. The van der Waals surface area contributed by atoms with Gasteiger partial charge >= 0.3 is 0 Å². The molecule has 1 saturated heterocycles. The number of oxazole rings is 1. The zero-order chi connectivity index (χ0) is 13.9. The molecule has 1 aliphatic rings. The van der Waals surface area contributed by atoms with Crippen molar-refractivity contribution in [3.63, 3.8) is 0 Å². The summed E-state index contributed by atoms with van der Waals surface area (Å²) < 4.78 is 5.85. The second-order valence-corrected chi connectivity index (χ2v) is 6.05. The maximum atomic E-state index is 6.00. The lowest BCUT2D eigenvalue weighted by molar-refractivity contribution is 0.163. The zero-order valence-corrected chi connectivity index (χ0v) is 12.4. The Morgan fingerprint density at radius 1 is 1.45 bits per heavy atom. The lowest BCUT2D eigenvalue weighted by Crippen LogP contribution is -2.33. The highest BCUT2D eigenvalue weighted by molar-refractivity contribution is 6.30. The van der Waals surface area contributed by atoms with Gasteiger partial charge in [0.2, 0.25) is 5.89 Å². The molecule has 0 aliphatic carbocycles. The van der Waals surface area contributed by atoms with Crippen LogP contribution in [0.25, 0.3) is 11.3 Å². The van der Waals surface area contributed by atoms with Crippen molar-refractivity contribution in [2.75, 3.05) is 13.1 Å². The average Bonchev–Trinajstić information content (AvgIpc) is 2.87. The van der Waals surface area contributed by atoms with Gasteiger partial charge in [-0.2, -0.15) is 0 Å². The Morgan fingerprint density at radius 2 is 2.35 bits per heavy atom. The summed E-state index contributed by atoms with van der Waals surface area (Å²) in [4.78, 5) is 6.81. The monoisotopic (exact) mass is 290 g/mol. The van der Waals surface area contributed by atoms with E-state index in [-0.39, 0.29) is 0 Å². The topological polar surface area (TPSA) is 29.3 Å². The van der Waals surface area contributed by atoms with Crippen LogP contribution in [0.3, 0.4) is 0 Å². The lowest BCUT2D eigenvalue weighted by atomic mass is 10.0. The van der Waals surface area contributed by atoms with Gasteiger partial charge in [0, 0.05) is 17.1 Å². The molecule has 0 radical (unpaired) electrons. The Morgan fingerprint density at radius 3 is 3.15 bits per heavy atom. The molecule has 3 nitrogen and oxygen atoms in total. The van der Waals surface area contributed by atoms with Crippen LogP contribution in [0.4, 0.5) is 0 Å². The fraction of sp³-hybridized carbons (Fsp3) is 0.438. The predicted octanol–water partition coefficient (Wildman–Crippen LogP) is 4.23. The van der Waals surface area contributed by atoms with E-state index in [0.717, 1.165) is 42.8 Å². The molecule has 0 spiro atoms. The third kappa shape index (κ3) is 3.22. The number of benzene rings is 1. The van der Waals surface area contributed by atoms with Gasteiger partial charge in [-0.3, -0.25) is 4.90 Å². The first-order chi connectivity index (χ1) is 9.70. The summed E-state index contributed by atoms with van der Waals surface area (Å²) in [6.07, 6.45) is 4.38. The minimum absolute atomic E-state index is 0.713. The average molecular weight is 291 g/mol. The molecular weight excluding hydrogens is 272 g/mol. The zero-order valence-electron chi connectivity index (χ0n) is 11.7. The van der Waals surface area contributed by atoms with E-state index in [0.29, 0.717) is 5.02 Å². The molecule has 106 valence electrons. The van der Waals surface area contributed by atoms with Gasteiger partial charge in [0.05, 0.1) is 12.7 Å². The standard InChI is InChI=1S/C16H19ClN2O/c1-12-4-3-7-19(10-12)11-16-18-9-15(20-16)13-5-2-6-14(17)8-13/h2,5-6,8-9,12H,3-4,7,10-11H2,1H3. The van der Waals surface area contributed by atoms with Gasteiger partial charge in [-0.05, 0) is 37.4 Å². The smallest absolute Gasteiger partial charge is 0.209 e. The first-order valence-corrected chi connectivity index (χ1v) is 7.51. The number of piperidine rings is 1. The summed E-state index contributed by atoms with van der Waals surface area (Å²) in [5.74, 6) is 2.34. The van der Waals surface area contributed by atoms with Crippen molar-refractivity contribution in [1.82, 2.24) is 9.88 Å². The fourth-order valence-corrected chi connectivity index (χ4v) is 2.97. The number of hydrogen-bond donors (Lipinski definition) is 0. The van der Waals surface area contributed by atoms with Crippen LogP contribution in [-0.4, -0.2) is 23.0 Å². The lowest BCUT2D eigenvalue weighted by Gasteiger charge is -2.29. The number of aromatic nitrogens is 1. The Balaban J connectivity index is 1.70. The summed E-state index contributed by atoms with van der Waals surface area (Å²) in [6.45, 7) is 5.37. The van der Waals surface area contributed by atoms with Crippen molar-refractivity contribution in [1.29, 1.82) is 0 Å². The first kappa shape index (κ1) is 13.7. The van der Waals surface area contributed by atoms with Gasteiger partial charge in [-0.1, -0.05) is 30.7 Å². The van der Waals surface area contributed by atoms with Crippen molar-refractivity contribution in [3.05, 3.63) is 41.4 Å². The predicted molar refractivity (Wildman–Crippen MR) is 80.6 cm³/mol. The highest BCUT2D eigenvalue weighted by atomic mass is 35.5. The van der Waals surface area contributed by atoms with E-state index in [9.17, 15) is 0 Å². The minimum Gasteiger partial charge on any atom is -0.439 e. The number of likely N-dealkylation sites (tertiary alicyclic amines) is 1. The Labute approximate surface area is 124 Å². The minimum atomic E-state index is 0.713. The SMILES string of the molecule is CC1CCCN(Cc2ncc(-c3cccc(Cl)c3)o2)C1. The molecule has 2 heterocycles. The van der Waals surface area contributed by atoms with E-state index in [2.05, 4.69) is 16.8 Å². The number of nitrogens with zero attached hydrogens (tertiary/aromatic N) is 2. The molecule has 0 bridgehead atoms. The largest absolute Gasteiger partial charge is 0.439 e. The Bertz CT molecular complexity index is 581. The van der Waals surface area contributed by atoms with Crippen LogP contribution in [0, 0.1) is 5.92 Å². The molecule has 1 aromatic heterocycles. The fourth-order valence-electron chi connectivity index (χ4n) is 2.78. The molecule has 0 N–H and O–H groups in total. The highest BCUT2D eigenvalue weighted by Gasteiger charge is 2.18. The van der Waals surface area contributed by atoms with E-state index >= 15 is 0 Å². The summed E-state index contributed by atoms with van der Waals surface area (Å²) in [6, 6.07) is 7.66. The third-order valence-electron chi connectivity index (χ3n) is 3.76. The Kier molecular flexibility index (Phi) is 4.08. The van der Waals surface area contributed by atoms with E-state index in [1.807, 2.05) is 24.3 Å². The van der Waals surface area contributed by atoms with Crippen molar-refractivity contribution >= 4 is 11.6 Å².